The van der Waals surface area contributed by atoms with E-state index in [0.29, 0.717) is 18.0 Å². The number of hydrogen-bond donors (Lipinski definition) is 2. The van der Waals surface area contributed by atoms with Gasteiger partial charge in [0.05, 0.1) is 17.1 Å². The molecule has 0 aliphatic heterocycles. The lowest BCUT2D eigenvalue weighted by Crippen LogP contribution is -2.24. The van der Waals surface area contributed by atoms with Crippen LogP contribution in [0.5, 0.6) is 11.5 Å². The van der Waals surface area contributed by atoms with E-state index in [1.807, 2.05) is 0 Å². The molecule has 2 aromatic carbocycles. The number of benzene rings is 2. The first-order chi connectivity index (χ1) is 13.4. The molecular formula is C20H26N2O5S. The van der Waals surface area contributed by atoms with E-state index >= 15 is 0 Å². The van der Waals surface area contributed by atoms with Crippen molar-refractivity contribution in [3.8, 4) is 11.5 Å². The van der Waals surface area contributed by atoms with Gasteiger partial charge in [-0.15, -0.1) is 0 Å². The molecule has 2 rings (SSSR count). The number of nitrogen functional groups attached to an aromatic ring is 1. The van der Waals surface area contributed by atoms with E-state index in [-0.39, 0.29) is 22.8 Å². The Morgan fingerprint density at radius 2 is 1.82 bits per heavy atom. The summed E-state index contributed by atoms with van der Waals surface area (Å²) in [5, 5.41) is 0. The Morgan fingerprint density at radius 3 is 2.54 bits per heavy atom. The Kier molecular flexibility index (Phi) is 7.83. The van der Waals surface area contributed by atoms with Gasteiger partial charge in [0.2, 0.25) is 10.0 Å². The van der Waals surface area contributed by atoms with Crippen LogP contribution in [0.25, 0.3) is 0 Å². The average Bonchev–Trinajstić information content (AvgIpc) is 2.67. The Hall–Kier alpha value is -2.58. The summed E-state index contributed by atoms with van der Waals surface area (Å²) in [7, 11) is -3.62. The molecule has 2 aromatic rings. The number of carbonyl (C=O) groups excluding carboxylic acids is 1. The standard InChI is InChI=1S/C20H26N2O5S/c1-3-5-6-12-22-28(24,25)17-9-7-8-15(13-17)27-16-10-11-19(21)18(14-16)20(23)26-4-2/h7-11,13-14,22H,3-6,12,21H2,1-2H3. The quantitative estimate of drug-likeness (QED) is 0.354. The van der Waals surface area contributed by atoms with E-state index in [1.165, 1.54) is 24.3 Å². The molecule has 0 atom stereocenters. The van der Waals surface area contributed by atoms with E-state index in [0.717, 1.165) is 19.3 Å². The van der Waals surface area contributed by atoms with Crippen molar-refractivity contribution in [1.29, 1.82) is 0 Å². The number of nitrogens with two attached hydrogens (primary N) is 1. The third-order valence-electron chi connectivity index (χ3n) is 3.94. The van der Waals surface area contributed by atoms with Crippen LogP contribution in [0.15, 0.2) is 47.4 Å². The molecule has 0 radical (unpaired) electrons. The van der Waals surface area contributed by atoms with Crippen molar-refractivity contribution in [3.05, 3.63) is 48.0 Å². The molecule has 0 spiro atoms. The van der Waals surface area contributed by atoms with Crippen molar-refractivity contribution in [1.82, 2.24) is 4.72 Å². The van der Waals surface area contributed by atoms with Gasteiger partial charge in [-0.3, -0.25) is 0 Å². The Labute approximate surface area is 165 Å². The number of sulfonamides is 1. The van der Waals surface area contributed by atoms with Crippen molar-refractivity contribution in [2.45, 2.75) is 38.0 Å². The molecule has 0 saturated carbocycles. The van der Waals surface area contributed by atoms with E-state index in [9.17, 15) is 13.2 Å². The molecule has 8 heteroatoms. The number of hydrogen-bond acceptors (Lipinski definition) is 6. The topological polar surface area (TPSA) is 108 Å². The maximum absolute atomic E-state index is 12.4. The van der Waals surface area contributed by atoms with E-state index in [4.69, 9.17) is 15.2 Å². The molecule has 0 saturated heterocycles. The zero-order valence-electron chi connectivity index (χ0n) is 16.1. The fourth-order valence-corrected chi connectivity index (χ4v) is 3.60. The van der Waals surface area contributed by atoms with Crippen LogP contribution >= 0.6 is 0 Å². The Morgan fingerprint density at radius 1 is 1.07 bits per heavy atom. The number of unbranched alkanes of at least 4 members (excludes halogenated alkanes) is 2. The lowest BCUT2D eigenvalue weighted by Gasteiger charge is -2.11. The van der Waals surface area contributed by atoms with Crippen molar-refractivity contribution in [3.63, 3.8) is 0 Å². The predicted molar refractivity (Wildman–Crippen MR) is 108 cm³/mol. The van der Waals surface area contributed by atoms with Crippen LogP contribution in [0.4, 0.5) is 5.69 Å². The summed E-state index contributed by atoms with van der Waals surface area (Å²) in [5.41, 5.74) is 6.29. The molecule has 152 valence electrons. The van der Waals surface area contributed by atoms with Crippen LogP contribution < -0.4 is 15.2 Å². The van der Waals surface area contributed by atoms with Gasteiger partial charge in [-0.25, -0.2) is 17.9 Å². The second-order valence-electron chi connectivity index (χ2n) is 6.15. The molecular weight excluding hydrogens is 380 g/mol. The first-order valence-corrected chi connectivity index (χ1v) is 10.7. The summed E-state index contributed by atoms with van der Waals surface area (Å²) >= 11 is 0. The number of anilines is 1. The highest BCUT2D eigenvalue weighted by atomic mass is 32.2. The van der Waals surface area contributed by atoms with Gasteiger partial charge in [0, 0.05) is 18.3 Å². The number of esters is 1. The minimum Gasteiger partial charge on any atom is -0.462 e. The van der Waals surface area contributed by atoms with E-state index in [2.05, 4.69) is 11.6 Å². The van der Waals surface area contributed by atoms with Gasteiger partial charge in [-0.1, -0.05) is 25.8 Å². The van der Waals surface area contributed by atoms with Crippen molar-refractivity contribution in [2.24, 2.45) is 0 Å². The highest BCUT2D eigenvalue weighted by molar-refractivity contribution is 7.89. The smallest absolute Gasteiger partial charge is 0.340 e. The first kappa shape index (κ1) is 21.7. The zero-order chi connectivity index (χ0) is 20.6. The van der Waals surface area contributed by atoms with Gasteiger partial charge in [-0.05, 0) is 43.7 Å². The molecule has 28 heavy (non-hydrogen) atoms. The lowest BCUT2D eigenvalue weighted by molar-refractivity contribution is 0.0527. The SMILES string of the molecule is CCCCCNS(=O)(=O)c1cccc(Oc2ccc(N)c(C(=O)OCC)c2)c1. The Balaban J connectivity index is 2.17. The maximum Gasteiger partial charge on any atom is 0.340 e. The van der Waals surface area contributed by atoms with Crippen LogP contribution in [0.3, 0.4) is 0 Å². The van der Waals surface area contributed by atoms with Crippen molar-refractivity contribution in [2.75, 3.05) is 18.9 Å². The summed E-state index contributed by atoms with van der Waals surface area (Å²) in [5.74, 6) is 0.136. The van der Waals surface area contributed by atoms with Crippen molar-refractivity contribution >= 4 is 21.7 Å². The fraction of sp³-hybridized carbons (Fsp3) is 0.350. The molecule has 0 bridgehead atoms. The van der Waals surface area contributed by atoms with Gasteiger partial charge in [-0.2, -0.15) is 0 Å². The maximum atomic E-state index is 12.4. The summed E-state index contributed by atoms with van der Waals surface area (Å²) in [6.45, 7) is 4.38. The van der Waals surface area contributed by atoms with Crippen LogP contribution in [0.1, 0.15) is 43.5 Å². The minimum atomic E-state index is -3.62. The van der Waals surface area contributed by atoms with Crippen molar-refractivity contribution < 1.29 is 22.7 Å². The van der Waals surface area contributed by atoms with Gasteiger partial charge in [0.15, 0.2) is 0 Å². The van der Waals surface area contributed by atoms with Crippen LogP contribution in [0.2, 0.25) is 0 Å². The molecule has 3 N–H and O–H groups in total. The molecule has 0 amide bonds. The normalized spacial score (nSPS) is 11.2. The minimum absolute atomic E-state index is 0.113. The lowest BCUT2D eigenvalue weighted by atomic mass is 10.1. The van der Waals surface area contributed by atoms with Gasteiger partial charge >= 0.3 is 5.97 Å². The van der Waals surface area contributed by atoms with E-state index in [1.54, 1.807) is 25.1 Å². The average molecular weight is 407 g/mol. The third-order valence-corrected chi connectivity index (χ3v) is 5.40. The molecule has 0 unspecified atom stereocenters. The fourth-order valence-electron chi connectivity index (χ4n) is 2.49. The molecule has 0 aliphatic rings. The largest absolute Gasteiger partial charge is 0.462 e. The Bertz CT molecular complexity index is 913. The summed E-state index contributed by atoms with van der Waals surface area (Å²) < 4.78 is 38.1. The molecule has 7 nitrogen and oxygen atoms in total. The first-order valence-electron chi connectivity index (χ1n) is 9.21. The third kappa shape index (κ3) is 5.97. The number of ether oxygens (including phenoxy) is 2. The van der Waals surface area contributed by atoms with Crippen LogP contribution in [-0.4, -0.2) is 27.5 Å². The molecule has 0 aromatic heterocycles. The summed E-state index contributed by atoms with van der Waals surface area (Å²) in [4.78, 5) is 12.1. The molecule has 0 heterocycles. The second kappa shape index (κ2) is 10.1. The van der Waals surface area contributed by atoms with Gasteiger partial charge < -0.3 is 15.2 Å². The van der Waals surface area contributed by atoms with Crippen LogP contribution in [-0.2, 0) is 14.8 Å². The van der Waals surface area contributed by atoms with Gasteiger partial charge in [0.25, 0.3) is 0 Å². The summed E-state index contributed by atoms with van der Waals surface area (Å²) in [6, 6.07) is 10.8. The number of nitrogens with one attached hydrogen (secondary N) is 1. The highest BCUT2D eigenvalue weighted by Gasteiger charge is 2.15. The number of carbonyl (C=O) groups is 1. The number of rotatable bonds is 10. The summed E-state index contributed by atoms with van der Waals surface area (Å²) in [6.07, 6.45) is 2.76. The molecule has 0 fully saturated rings. The second-order valence-corrected chi connectivity index (χ2v) is 7.92. The van der Waals surface area contributed by atoms with E-state index < -0.39 is 16.0 Å². The molecule has 0 aliphatic carbocycles. The highest BCUT2D eigenvalue weighted by Crippen LogP contribution is 2.27. The monoisotopic (exact) mass is 406 g/mol. The van der Waals surface area contributed by atoms with Crippen LogP contribution in [0, 0.1) is 0 Å². The van der Waals surface area contributed by atoms with Gasteiger partial charge in [0.1, 0.15) is 11.5 Å². The predicted octanol–water partition coefficient (Wildman–Crippen LogP) is 3.71. The zero-order valence-corrected chi connectivity index (χ0v) is 16.9.